The summed E-state index contributed by atoms with van der Waals surface area (Å²) >= 11 is 0. The molecule has 2 rings (SSSR count). The van der Waals surface area contributed by atoms with Crippen molar-refractivity contribution in [3.63, 3.8) is 0 Å². The van der Waals surface area contributed by atoms with E-state index in [2.05, 4.69) is 13.0 Å². The third-order valence-corrected chi connectivity index (χ3v) is 2.52. The lowest BCUT2D eigenvalue weighted by Crippen LogP contribution is -2.17. The van der Waals surface area contributed by atoms with Gasteiger partial charge in [-0.05, 0) is 25.8 Å². The summed E-state index contributed by atoms with van der Waals surface area (Å²) in [5.74, 6) is 0.456. The monoisotopic (exact) mass is 152 g/mol. The molecule has 0 aromatic rings. The molecule has 0 spiro atoms. The smallest absolute Gasteiger partial charge is 0.306 e. The summed E-state index contributed by atoms with van der Waals surface area (Å²) in [5, 5.41) is 0. The quantitative estimate of drug-likeness (QED) is 0.390. The van der Waals surface area contributed by atoms with E-state index in [1.807, 2.05) is 0 Å². The molecule has 1 aliphatic carbocycles. The van der Waals surface area contributed by atoms with Crippen LogP contribution in [0, 0.1) is 5.92 Å². The number of hydrogen-bond acceptors (Lipinski definition) is 2. The first-order valence-electron chi connectivity index (χ1n) is 4.12. The van der Waals surface area contributed by atoms with Gasteiger partial charge in [-0.15, -0.1) is 0 Å². The summed E-state index contributed by atoms with van der Waals surface area (Å²) in [6, 6.07) is 0. The number of esters is 1. The van der Waals surface area contributed by atoms with Crippen LogP contribution in [0.15, 0.2) is 11.6 Å². The highest BCUT2D eigenvalue weighted by Gasteiger charge is 2.34. The lowest BCUT2D eigenvalue weighted by atomic mass is 9.87. The number of carbonyl (C=O) groups is 1. The minimum absolute atomic E-state index is 0.0223. The summed E-state index contributed by atoms with van der Waals surface area (Å²) in [5.41, 5.74) is 1.36. The van der Waals surface area contributed by atoms with Gasteiger partial charge in [0.2, 0.25) is 0 Å². The van der Waals surface area contributed by atoms with Gasteiger partial charge in [-0.3, -0.25) is 4.79 Å². The molecule has 0 N–H and O–H groups in total. The van der Waals surface area contributed by atoms with E-state index in [1.165, 1.54) is 5.57 Å². The summed E-state index contributed by atoms with van der Waals surface area (Å²) < 4.78 is 5.12. The highest BCUT2D eigenvalue weighted by Crippen LogP contribution is 2.33. The molecule has 2 atom stereocenters. The average molecular weight is 152 g/mol. The van der Waals surface area contributed by atoms with Gasteiger partial charge in [0, 0.05) is 5.92 Å². The molecule has 1 saturated heterocycles. The van der Waals surface area contributed by atoms with Crippen molar-refractivity contribution in [2.45, 2.75) is 32.3 Å². The zero-order valence-electron chi connectivity index (χ0n) is 6.67. The Morgan fingerprint density at radius 1 is 1.64 bits per heavy atom. The largest absolute Gasteiger partial charge is 0.458 e. The highest BCUT2D eigenvalue weighted by atomic mass is 16.5. The first-order valence-corrected chi connectivity index (χ1v) is 4.12. The SMILES string of the molecule is CC1=C[C@@H]2OC(=O)C[C@H]2CC1. The van der Waals surface area contributed by atoms with Gasteiger partial charge in [-0.2, -0.15) is 0 Å². The molecule has 2 heteroatoms. The lowest BCUT2D eigenvalue weighted by Gasteiger charge is -2.19. The van der Waals surface area contributed by atoms with E-state index >= 15 is 0 Å². The Morgan fingerprint density at radius 2 is 2.45 bits per heavy atom. The summed E-state index contributed by atoms with van der Waals surface area (Å²) in [7, 11) is 0. The van der Waals surface area contributed by atoms with Crippen molar-refractivity contribution in [1.29, 1.82) is 0 Å². The van der Waals surface area contributed by atoms with Gasteiger partial charge in [-0.25, -0.2) is 0 Å². The number of allylic oxidation sites excluding steroid dienone is 1. The standard InChI is InChI=1S/C9H12O2/c1-6-2-3-7-5-9(10)11-8(7)4-6/h4,7-8H,2-3,5H2,1H3/t7-,8+/m1/s1. The second-order valence-corrected chi connectivity index (χ2v) is 3.47. The Balaban J connectivity index is 2.17. The Kier molecular flexibility index (Phi) is 1.48. The van der Waals surface area contributed by atoms with Crippen molar-refractivity contribution in [2.24, 2.45) is 5.92 Å². The van der Waals surface area contributed by atoms with Crippen molar-refractivity contribution in [3.05, 3.63) is 11.6 Å². The zero-order valence-corrected chi connectivity index (χ0v) is 6.67. The van der Waals surface area contributed by atoms with Crippen LogP contribution in [0.3, 0.4) is 0 Å². The fourth-order valence-electron chi connectivity index (χ4n) is 1.84. The van der Waals surface area contributed by atoms with E-state index in [-0.39, 0.29) is 12.1 Å². The van der Waals surface area contributed by atoms with Crippen LogP contribution in [-0.2, 0) is 9.53 Å². The number of carbonyl (C=O) groups excluding carboxylic acids is 1. The van der Waals surface area contributed by atoms with E-state index in [4.69, 9.17) is 4.74 Å². The van der Waals surface area contributed by atoms with E-state index in [1.54, 1.807) is 0 Å². The minimum atomic E-state index is -0.0223. The predicted octanol–water partition coefficient (Wildman–Crippen LogP) is 1.66. The van der Waals surface area contributed by atoms with Crippen LogP contribution in [0.4, 0.5) is 0 Å². The van der Waals surface area contributed by atoms with Gasteiger partial charge in [0.25, 0.3) is 0 Å². The van der Waals surface area contributed by atoms with Crippen molar-refractivity contribution >= 4 is 5.97 Å². The van der Waals surface area contributed by atoms with Crippen LogP contribution < -0.4 is 0 Å². The van der Waals surface area contributed by atoms with Crippen LogP contribution in [0.2, 0.25) is 0 Å². The van der Waals surface area contributed by atoms with Gasteiger partial charge in [-0.1, -0.05) is 5.57 Å². The Bertz CT molecular complexity index is 218. The minimum Gasteiger partial charge on any atom is -0.458 e. The highest BCUT2D eigenvalue weighted by molar-refractivity contribution is 5.72. The second kappa shape index (κ2) is 2.36. The molecular weight excluding hydrogens is 140 g/mol. The summed E-state index contributed by atoms with van der Waals surface area (Å²) in [4.78, 5) is 10.9. The average Bonchev–Trinajstić information content (AvgIpc) is 2.27. The summed E-state index contributed by atoms with van der Waals surface area (Å²) in [6.07, 6.45) is 5.10. The molecular formula is C9H12O2. The molecule has 0 unspecified atom stereocenters. The Morgan fingerprint density at radius 3 is 3.27 bits per heavy atom. The Hall–Kier alpha value is -0.790. The molecule has 1 fully saturated rings. The number of fused-ring (bicyclic) bond motifs is 1. The van der Waals surface area contributed by atoms with Crippen LogP contribution in [0.5, 0.6) is 0 Å². The topological polar surface area (TPSA) is 26.3 Å². The van der Waals surface area contributed by atoms with Crippen molar-refractivity contribution in [1.82, 2.24) is 0 Å². The number of hydrogen-bond donors (Lipinski definition) is 0. The van der Waals surface area contributed by atoms with Crippen molar-refractivity contribution in [3.8, 4) is 0 Å². The maximum absolute atomic E-state index is 10.9. The van der Waals surface area contributed by atoms with Gasteiger partial charge >= 0.3 is 5.97 Å². The maximum atomic E-state index is 10.9. The molecule has 2 nitrogen and oxygen atoms in total. The second-order valence-electron chi connectivity index (χ2n) is 3.47. The van der Waals surface area contributed by atoms with E-state index < -0.39 is 0 Å². The molecule has 11 heavy (non-hydrogen) atoms. The fraction of sp³-hybridized carbons (Fsp3) is 0.667. The first kappa shape index (κ1) is 6.89. The van der Waals surface area contributed by atoms with Gasteiger partial charge in [0.05, 0.1) is 6.42 Å². The van der Waals surface area contributed by atoms with E-state index in [0.29, 0.717) is 12.3 Å². The van der Waals surface area contributed by atoms with Crippen molar-refractivity contribution in [2.75, 3.05) is 0 Å². The molecule has 0 saturated carbocycles. The molecule has 0 radical (unpaired) electrons. The van der Waals surface area contributed by atoms with Gasteiger partial charge in [0.15, 0.2) is 0 Å². The van der Waals surface area contributed by atoms with E-state index in [9.17, 15) is 4.79 Å². The third kappa shape index (κ3) is 1.17. The van der Waals surface area contributed by atoms with Gasteiger partial charge < -0.3 is 4.74 Å². The molecule has 60 valence electrons. The molecule has 0 aromatic carbocycles. The number of rotatable bonds is 0. The fourth-order valence-corrected chi connectivity index (χ4v) is 1.84. The van der Waals surface area contributed by atoms with E-state index in [0.717, 1.165) is 12.8 Å². The Labute approximate surface area is 66.2 Å². The third-order valence-electron chi connectivity index (χ3n) is 2.52. The zero-order chi connectivity index (χ0) is 7.84. The van der Waals surface area contributed by atoms with Crippen LogP contribution in [0.25, 0.3) is 0 Å². The molecule has 0 bridgehead atoms. The molecule has 1 heterocycles. The van der Waals surface area contributed by atoms with Crippen LogP contribution >= 0.6 is 0 Å². The normalized spacial score (nSPS) is 36.1. The summed E-state index contributed by atoms with van der Waals surface area (Å²) in [6.45, 7) is 2.10. The number of ether oxygens (including phenoxy) is 1. The van der Waals surface area contributed by atoms with Crippen molar-refractivity contribution < 1.29 is 9.53 Å². The lowest BCUT2D eigenvalue weighted by molar-refractivity contribution is -0.140. The first-order chi connectivity index (χ1) is 5.25. The molecule has 0 amide bonds. The maximum Gasteiger partial charge on any atom is 0.306 e. The predicted molar refractivity (Wildman–Crippen MR) is 41.0 cm³/mol. The van der Waals surface area contributed by atoms with Crippen LogP contribution in [-0.4, -0.2) is 12.1 Å². The van der Waals surface area contributed by atoms with Crippen LogP contribution in [0.1, 0.15) is 26.2 Å². The molecule has 0 aromatic heterocycles. The molecule has 2 aliphatic rings. The van der Waals surface area contributed by atoms with Gasteiger partial charge in [0.1, 0.15) is 6.10 Å². The molecule has 1 aliphatic heterocycles.